The van der Waals surface area contributed by atoms with Crippen molar-refractivity contribution in [2.24, 2.45) is 0 Å². The third-order valence-electron chi connectivity index (χ3n) is 3.64. The molecule has 0 saturated heterocycles. The lowest BCUT2D eigenvalue weighted by Gasteiger charge is -2.15. The minimum absolute atomic E-state index is 0.247. The monoisotopic (exact) mass is 379 g/mol. The van der Waals surface area contributed by atoms with Crippen LogP contribution < -0.4 is 14.8 Å². The van der Waals surface area contributed by atoms with Gasteiger partial charge in [-0.3, -0.25) is 4.79 Å². The van der Waals surface area contributed by atoms with E-state index in [-0.39, 0.29) is 11.9 Å². The number of carbonyl (C=O) groups excluding carboxylic acids is 1. The number of carbonyl (C=O) groups is 1. The average Bonchev–Trinajstić information content (AvgIpc) is 2.59. The van der Waals surface area contributed by atoms with Crippen molar-refractivity contribution in [1.29, 1.82) is 0 Å². The van der Waals surface area contributed by atoms with Crippen LogP contribution >= 0.6 is 23.2 Å². The van der Waals surface area contributed by atoms with Gasteiger partial charge in [-0.2, -0.15) is 0 Å². The molecule has 6 heteroatoms. The van der Waals surface area contributed by atoms with Crippen molar-refractivity contribution in [3.63, 3.8) is 0 Å². The molecule has 0 aromatic heterocycles. The molecule has 25 heavy (non-hydrogen) atoms. The third kappa shape index (κ3) is 4.91. The number of benzene rings is 2. The highest BCUT2D eigenvalue weighted by molar-refractivity contribution is 6.35. The van der Waals surface area contributed by atoms with Gasteiger partial charge in [0.25, 0.3) is 0 Å². The minimum atomic E-state index is -0.255. The summed E-state index contributed by atoms with van der Waals surface area (Å²) in [6.45, 7) is 1.85. The van der Waals surface area contributed by atoms with Crippen molar-refractivity contribution in [3.05, 3.63) is 63.6 Å². The summed E-state index contributed by atoms with van der Waals surface area (Å²) >= 11 is 12.1. The Kier molecular flexibility index (Phi) is 6.73. The SMILES string of the molecule is COc1cccc(/C=C/C(=O)N[C@H](C)c2ccc(Cl)cc2Cl)c1OC. The van der Waals surface area contributed by atoms with E-state index in [1.54, 1.807) is 44.6 Å². The standard InChI is InChI=1S/C19H19Cl2NO3/c1-12(15-9-8-14(20)11-16(15)21)22-18(23)10-7-13-5-4-6-17(24-2)19(13)25-3/h4-12H,1-3H3,(H,22,23)/b10-7+/t12-/m1/s1. The van der Waals surface area contributed by atoms with E-state index < -0.39 is 0 Å². The quantitative estimate of drug-likeness (QED) is 0.725. The number of para-hydroxylation sites is 1. The van der Waals surface area contributed by atoms with Crippen LogP contribution in [0.3, 0.4) is 0 Å². The first kappa shape index (κ1) is 19.2. The number of hydrogen-bond acceptors (Lipinski definition) is 3. The lowest BCUT2D eigenvalue weighted by molar-refractivity contribution is -0.117. The molecule has 0 unspecified atom stereocenters. The van der Waals surface area contributed by atoms with E-state index in [2.05, 4.69) is 5.32 Å². The van der Waals surface area contributed by atoms with E-state index >= 15 is 0 Å². The van der Waals surface area contributed by atoms with Gasteiger partial charge in [-0.15, -0.1) is 0 Å². The second-order valence-electron chi connectivity index (χ2n) is 5.31. The van der Waals surface area contributed by atoms with E-state index in [1.165, 1.54) is 6.08 Å². The number of hydrogen-bond donors (Lipinski definition) is 1. The zero-order valence-corrected chi connectivity index (χ0v) is 15.7. The van der Waals surface area contributed by atoms with Crippen LogP contribution in [0.4, 0.5) is 0 Å². The molecule has 1 N–H and O–H groups in total. The van der Waals surface area contributed by atoms with Crippen LogP contribution in [0.25, 0.3) is 6.08 Å². The van der Waals surface area contributed by atoms with Gasteiger partial charge in [-0.25, -0.2) is 0 Å². The summed E-state index contributed by atoms with van der Waals surface area (Å²) in [5, 5.41) is 3.93. The van der Waals surface area contributed by atoms with Gasteiger partial charge in [0, 0.05) is 21.7 Å². The predicted octanol–water partition coefficient (Wildman–Crippen LogP) is 4.90. The first-order chi connectivity index (χ1) is 12.0. The molecule has 0 heterocycles. The fourth-order valence-electron chi connectivity index (χ4n) is 2.40. The molecule has 1 amide bonds. The molecule has 0 spiro atoms. The Morgan fingerprint density at radius 3 is 2.56 bits per heavy atom. The first-order valence-corrected chi connectivity index (χ1v) is 8.36. The van der Waals surface area contributed by atoms with Crippen LogP contribution in [0.2, 0.25) is 10.0 Å². The maximum atomic E-state index is 12.2. The summed E-state index contributed by atoms with van der Waals surface area (Å²) in [5.74, 6) is 0.928. The van der Waals surface area contributed by atoms with Crippen LogP contribution in [0.5, 0.6) is 11.5 Å². The average molecular weight is 380 g/mol. The van der Waals surface area contributed by atoms with Gasteiger partial charge < -0.3 is 14.8 Å². The highest BCUT2D eigenvalue weighted by Crippen LogP contribution is 2.31. The van der Waals surface area contributed by atoms with Crippen molar-refractivity contribution in [2.45, 2.75) is 13.0 Å². The van der Waals surface area contributed by atoms with Crippen LogP contribution in [-0.4, -0.2) is 20.1 Å². The van der Waals surface area contributed by atoms with Gasteiger partial charge in [-0.1, -0.05) is 41.4 Å². The molecule has 0 aliphatic heterocycles. The fourth-order valence-corrected chi connectivity index (χ4v) is 2.97. The summed E-state index contributed by atoms with van der Waals surface area (Å²) in [4.78, 5) is 12.2. The Balaban J connectivity index is 2.11. The fraction of sp³-hybridized carbons (Fsp3) is 0.211. The zero-order chi connectivity index (χ0) is 18.4. The van der Waals surface area contributed by atoms with Crippen LogP contribution in [0.15, 0.2) is 42.5 Å². The Bertz CT molecular complexity index is 790. The summed E-state index contributed by atoms with van der Waals surface area (Å²) in [7, 11) is 3.12. The third-order valence-corrected chi connectivity index (χ3v) is 4.20. The van der Waals surface area contributed by atoms with Crippen molar-refractivity contribution >= 4 is 35.2 Å². The normalized spacial score (nSPS) is 12.0. The van der Waals surface area contributed by atoms with Gasteiger partial charge in [-0.05, 0) is 36.8 Å². The molecule has 2 rings (SSSR count). The van der Waals surface area contributed by atoms with E-state index in [1.807, 2.05) is 19.1 Å². The van der Waals surface area contributed by atoms with E-state index in [9.17, 15) is 4.79 Å². The van der Waals surface area contributed by atoms with Gasteiger partial charge in [0.1, 0.15) is 0 Å². The lowest BCUT2D eigenvalue weighted by Crippen LogP contribution is -2.24. The van der Waals surface area contributed by atoms with Crippen molar-refractivity contribution < 1.29 is 14.3 Å². The van der Waals surface area contributed by atoms with Gasteiger partial charge in [0.05, 0.1) is 20.3 Å². The molecular formula is C19H19Cl2NO3. The Morgan fingerprint density at radius 2 is 1.92 bits per heavy atom. The largest absolute Gasteiger partial charge is 0.493 e. The summed E-state index contributed by atoms with van der Waals surface area (Å²) in [5.41, 5.74) is 1.54. The van der Waals surface area contributed by atoms with Gasteiger partial charge in [0.15, 0.2) is 11.5 Å². The summed E-state index contributed by atoms with van der Waals surface area (Å²) in [6, 6.07) is 10.4. The van der Waals surface area contributed by atoms with Crippen LogP contribution in [0.1, 0.15) is 24.1 Å². The molecule has 0 fully saturated rings. The second kappa shape index (κ2) is 8.79. The van der Waals surface area contributed by atoms with Crippen molar-refractivity contribution in [2.75, 3.05) is 14.2 Å². The van der Waals surface area contributed by atoms with Gasteiger partial charge in [0.2, 0.25) is 5.91 Å². The highest BCUT2D eigenvalue weighted by atomic mass is 35.5. The van der Waals surface area contributed by atoms with E-state index in [0.717, 1.165) is 11.1 Å². The van der Waals surface area contributed by atoms with Crippen LogP contribution in [0, 0.1) is 0 Å². The van der Waals surface area contributed by atoms with E-state index in [0.29, 0.717) is 21.5 Å². The molecule has 2 aromatic carbocycles. The molecule has 0 saturated carbocycles. The molecule has 0 bridgehead atoms. The van der Waals surface area contributed by atoms with Crippen molar-refractivity contribution in [1.82, 2.24) is 5.32 Å². The number of halogens is 2. The molecule has 4 nitrogen and oxygen atoms in total. The van der Waals surface area contributed by atoms with Crippen LogP contribution in [-0.2, 0) is 4.79 Å². The minimum Gasteiger partial charge on any atom is -0.493 e. The van der Waals surface area contributed by atoms with E-state index in [4.69, 9.17) is 32.7 Å². The number of rotatable bonds is 6. The first-order valence-electron chi connectivity index (χ1n) is 7.60. The lowest BCUT2D eigenvalue weighted by atomic mass is 10.1. The Hall–Kier alpha value is -2.17. The maximum absolute atomic E-state index is 12.2. The zero-order valence-electron chi connectivity index (χ0n) is 14.2. The molecule has 0 aliphatic rings. The number of nitrogens with one attached hydrogen (secondary N) is 1. The summed E-state index contributed by atoms with van der Waals surface area (Å²) < 4.78 is 10.6. The Morgan fingerprint density at radius 1 is 1.16 bits per heavy atom. The molecule has 2 aromatic rings. The predicted molar refractivity (Wildman–Crippen MR) is 102 cm³/mol. The molecule has 132 valence electrons. The molecule has 1 atom stereocenters. The van der Waals surface area contributed by atoms with Crippen molar-refractivity contribution in [3.8, 4) is 11.5 Å². The smallest absolute Gasteiger partial charge is 0.244 e. The van der Waals surface area contributed by atoms with Gasteiger partial charge >= 0.3 is 0 Å². The molecule has 0 radical (unpaired) electrons. The molecule has 0 aliphatic carbocycles. The number of amides is 1. The summed E-state index contributed by atoms with van der Waals surface area (Å²) in [6.07, 6.45) is 3.12. The second-order valence-corrected chi connectivity index (χ2v) is 6.16. The number of ether oxygens (including phenoxy) is 2. The maximum Gasteiger partial charge on any atom is 0.244 e. The Labute approximate surface area is 157 Å². The number of methoxy groups -OCH3 is 2. The topological polar surface area (TPSA) is 47.6 Å². The highest BCUT2D eigenvalue weighted by Gasteiger charge is 2.12. The molecular weight excluding hydrogens is 361 g/mol.